The lowest BCUT2D eigenvalue weighted by molar-refractivity contribution is -0.148. The molecule has 4 aromatic carbocycles. The SMILES string of the molecule is C.C.CC(C)(C)C1C[C@@H](c2ccccc2)CO1.CNC(=O)Nc1ccc2c(c1)CC[C@@]21OC(=O)N(CC(=O)N2C(C(C)(C)C)OC[C@@H]2c2ccccc2)C1=O.CNC(=O)Nc1ccc2c(c1)CC[C@@]21OC(=O)N(CC(=O)O)C1=O. The summed E-state index contributed by atoms with van der Waals surface area (Å²) in [6.07, 6.45) is 0.713. The van der Waals surface area contributed by atoms with Gasteiger partial charge in [0.25, 0.3) is 11.8 Å². The highest BCUT2D eigenvalue weighted by Gasteiger charge is 2.60. The molecule has 2 spiro atoms. The molecule has 0 aromatic heterocycles. The molecular weight excluding hydrogens is 1010 g/mol. The normalized spacial score (nSPS) is 23.5. The summed E-state index contributed by atoms with van der Waals surface area (Å²) in [5, 5.41) is 19.1. The van der Waals surface area contributed by atoms with E-state index in [-0.39, 0.29) is 62.5 Å². The van der Waals surface area contributed by atoms with Crippen LogP contribution in [0, 0.1) is 10.8 Å². The first-order chi connectivity index (χ1) is 36.5. The van der Waals surface area contributed by atoms with Crippen molar-refractivity contribution in [3.8, 4) is 0 Å². The van der Waals surface area contributed by atoms with Crippen LogP contribution in [0.1, 0.15) is 121 Å². The van der Waals surface area contributed by atoms with Gasteiger partial charge in [0.2, 0.25) is 17.1 Å². The van der Waals surface area contributed by atoms with Crippen LogP contribution in [-0.2, 0) is 62.2 Å². The molecule has 20 heteroatoms. The molecule has 0 radical (unpaired) electrons. The Morgan fingerprint density at radius 1 is 0.620 bits per heavy atom. The van der Waals surface area contributed by atoms with E-state index in [0.29, 0.717) is 58.9 Å². The monoisotopic (exact) mass is 1090 g/mol. The maximum atomic E-state index is 13.8. The maximum Gasteiger partial charge on any atom is 0.418 e. The van der Waals surface area contributed by atoms with Crippen molar-refractivity contribution in [3.63, 3.8) is 0 Å². The Hall–Kier alpha value is -7.84. The minimum absolute atomic E-state index is 0. The number of fused-ring (bicyclic) bond motifs is 4. The Morgan fingerprint density at radius 2 is 1.09 bits per heavy atom. The summed E-state index contributed by atoms with van der Waals surface area (Å²) in [6.45, 7) is 12.7. The van der Waals surface area contributed by atoms with Crippen molar-refractivity contribution in [1.82, 2.24) is 25.3 Å². The van der Waals surface area contributed by atoms with Gasteiger partial charge in [-0.3, -0.25) is 19.2 Å². The topological polar surface area (TPSA) is 252 Å². The Labute approximate surface area is 461 Å². The van der Waals surface area contributed by atoms with E-state index in [0.717, 1.165) is 34.6 Å². The van der Waals surface area contributed by atoms with Gasteiger partial charge >= 0.3 is 30.2 Å². The van der Waals surface area contributed by atoms with Crippen molar-refractivity contribution in [2.45, 2.75) is 124 Å². The molecule has 2 unspecified atom stereocenters. The molecule has 4 aromatic rings. The number of carbonyl (C=O) groups excluding carboxylic acids is 7. The van der Waals surface area contributed by atoms with Crippen molar-refractivity contribution in [3.05, 3.63) is 130 Å². The molecule has 6 aliphatic rings. The van der Waals surface area contributed by atoms with Crippen LogP contribution in [0.3, 0.4) is 0 Å². The quantitative estimate of drug-likeness (QED) is 0.111. The summed E-state index contributed by atoms with van der Waals surface area (Å²) in [6, 6.07) is 29.3. The van der Waals surface area contributed by atoms with Crippen LogP contribution in [0.25, 0.3) is 0 Å². The second-order valence-corrected chi connectivity index (χ2v) is 22.0. The maximum absolute atomic E-state index is 13.8. The summed E-state index contributed by atoms with van der Waals surface area (Å²) in [5.74, 6) is -2.30. The highest BCUT2D eigenvalue weighted by atomic mass is 16.6. The van der Waals surface area contributed by atoms with Gasteiger partial charge < -0.3 is 50.2 Å². The number of benzene rings is 4. The molecule has 0 saturated carbocycles. The van der Waals surface area contributed by atoms with Crippen LogP contribution in [0.4, 0.5) is 30.6 Å². The van der Waals surface area contributed by atoms with Gasteiger partial charge in [0.05, 0.1) is 25.4 Å². The van der Waals surface area contributed by atoms with E-state index in [4.69, 9.17) is 24.1 Å². The molecule has 5 N–H and O–H groups in total. The molecule has 4 fully saturated rings. The number of carboxylic acid groups (broad SMARTS) is 1. The van der Waals surface area contributed by atoms with E-state index < -0.39 is 60.5 Å². The number of aliphatic carboxylic acids is 1. The number of ether oxygens (including phenoxy) is 4. The minimum atomic E-state index is -1.47. The van der Waals surface area contributed by atoms with Crippen molar-refractivity contribution in [2.75, 3.05) is 51.0 Å². The summed E-state index contributed by atoms with van der Waals surface area (Å²) >= 11 is 0. The van der Waals surface area contributed by atoms with Crippen molar-refractivity contribution in [2.24, 2.45) is 10.8 Å². The predicted octanol–water partition coefficient (Wildman–Crippen LogP) is 9.05. The van der Waals surface area contributed by atoms with Crippen molar-refractivity contribution >= 4 is 59.3 Å². The molecule has 424 valence electrons. The highest BCUT2D eigenvalue weighted by molar-refractivity contribution is 6.07. The van der Waals surface area contributed by atoms with Crippen LogP contribution < -0.4 is 21.3 Å². The van der Waals surface area contributed by atoms with E-state index in [1.54, 1.807) is 41.3 Å². The first-order valence-electron chi connectivity index (χ1n) is 25.7. The van der Waals surface area contributed by atoms with Crippen LogP contribution >= 0.6 is 0 Å². The molecular formula is C59H75N7O13. The smallest absolute Gasteiger partial charge is 0.418 e. The molecule has 4 saturated heterocycles. The Kier molecular flexibility index (Phi) is 18.4. The molecule has 2 aliphatic carbocycles. The largest absolute Gasteiger partial charge is 0.480 e. The third-order valence-electron chi connectivity index (χ3n) is 14.7. The number of aryl methyl sites for hydroxylation is 2. The molecule has 9 amide bonds. The van der Waals surface area contributed by atoms with Crippen LogP contribution in [0.5, 0.6) is 0 Å². The van der Waals surface area contributed by atoms with E-state index in [1.807, 2.05) is 51.1 Å². The van der Waals surface area contributed by atoms with Gasteiger partial charge in [0.1, 0.15) is 19.3 Å². The lowest BCUT2D eigenvalue weighted by atomic mass is 9.84. The lowest BCUT2D eigenvalue weighted by Crippen LogP contribution is -2.50. The van der Waals surface area contributed by atoms with Gasteiger partial charge in [-0.05, 0) is 71.2 Å². The van der Waals surface area contributed by atoms with Gasteiger partial charge in [-0.15, -0.1) is 0 Å². The third-order valence-corrected chi connectivity index (χ3v) is 14.7. The summed E-state index contributed by atoms with van der Waals surface area (Å²) in [5.41, 5.74) is 3.07. The zero-order chi connectivity index (χ0) is 55.6. The minimum Gasteiger partial charge on any atom is -0.480 e. The van der Waals surface area contributed by atoms with E-state index in [2.05, 4.69) is 72.4 Å². The zero-order valence-corrected chi connectivity index (χ0v) is 44.6. The number of imide groups is 2. The molecule has 10 rings (SSSR count). The fourth-order valence-electron chi connectivity index (χ4n) is 10.8. The van der Waals surface area contributed by atoms with E-state index in [9.17, 15) is 38.4 Å². The molecule has 4 heterocycles. The number of amides is 9. The van der Waals surface area contributed by atoms with Crippen LogP contribution in [0.2, 0.25) is 0 Å². The number of hydrogen-bond donors (Lipinski definition) is 5. The standard InChI is InChI=1S/C28H32N4O6.C15H15N3O6.C14H20O.2CH4/c1-27(2,3)24-32(21(16-37-24)17-8-6-5-7-9-17)22(33)15-31-23(34)28(38-26(31)36)13-12-18-14-19(10-11-20(18)28)30-25(35)29-4;1-16-13(22)17-9-2-3-10-8(6-9)4-5-15(10)12(21)18(7-11(19)20)14(23)24-15;1-14(2,3)13-9-12(10-15-13)11-7-5-4-6-8-11;;/h5-11,14,21,24H,12-13,15-16H2,1-4H3,(H2,29,30,35);2-3,6H,4-5,7H2,1H3,(H,19,20)(H2,16,17,22);4-8,12-13H,9-10H2,1-3H3;2*1H4/t21-,24?,28-;15-;12-,13?;;/m111../s1. The molecule has 79 heavy (non-hydrogen) atoms. The van der Waals surface area contributed by atoms with Gasteiger partial charge in [-0.1, -0.05) is 129 Å². The first kappa shape index (κ1) is 60.4. The molecule has 6 atom stereocenters. The van der Waals surface area contributed by atoms with Gasteiger partial charge in [-0.25, -0.2) is 29.0 Å². The second kappa shape index (κ2) is 24.0. The van der Waals surface area contributed by atoms with Gasteiger partial charge in [0.15, 0.2) is 0 Å². The number of carbonyl (C=O) groups is 8. The predicted molar refractivity (Wildman–Crippen MR) is 295 cm³/mol. The van der Waals surface area contributed by atoms with Crippen molar-refractivity contribution in [1.29, 1.82) is 0 Å². The number of nitrogens with zero attached hydrogens (tertiary/aromatic N) is 3. The molecule has 4 aliphatic heterocycles. The van der Waals surface area contributed by atoms with E-state index in [1.165, 1.54) is 19.7 Å². The van der Waals surface area contributed by atoms with Crippen molar-refractivity contribution < 1.29 is 62.4 Å². The summed E-state index contributed by atoms with van der Waals surface area (Å²) < 4.78 is 22.9. The number of carboxylic acids is 1. The third kappa shape index (κ3) is 12.4. The Morgan fingerprint density at radius 3 is 1.52 bits per heavy atom. The number of nitrogens with one attached hydrogen (secondary N) is 4. The van der Waals surface area contributed by atoms with Crippen LogP contribution in [-0.4, -0.2) is 120 Å². The average molecular weight is 1090 g/mol. The molecule has 0 bridgehead atoms. The molecule has 20 nitrogen and oxygen atoms in total. The van der Waals surface area contributed by atoms with E-state index >= 15 is 0 Å². The Balaban J connectivity index is 0.000000210. The van der Waals surface area contributed by atoms with Crippen LogP contribution in [0.15, 0.2) is 97.1 Å². The number of anilines is 2. The second-order valence-electron chi connectivity index (χ2n) is 22.0. The Bertz CT molecular complexity index is 2940. The fourth-order valence-corrected chi connectivity index (χ4v) is 10.8. The average Bonchev–Trinajstić information content (AvgIpc) is 3.75. The number of urea groups is 2. The lowest BCUT2D eigenvalue weighted by Gasteiger charge is -2.36. The zero-order valence-electron chi connectivity index (χ0n) is 44.6. The number of rotatable bonds is 8. The first-order valence-corrected chi connectivity index (χ1v) is 25.7. The summed E-state index contributed by atoms with van der Waals surface area (Å²) in [7, 11) is 3.01. The number of hydrogen-bond acceptors (Lipinski definition) is 12. The fraction of sp³-hybridized carbons (Fsp3) is 0.458. The summed E-state index contributed by atoms with van der Waals surface area (Å²) in [4.78, 5) is 102. The highest BCUT2D eigenvalue weighted by Crippen LogP contribution is 2.48. The van der Waals surface area contributed by atoms with Gasteiger partial charge in [-0.2, -0.15) is 0 Å². The van der Waals surface area contributed by atoms with Gasteiger partial charge in [0, 0.05) is 60.8 Å².